The summed E-state index contributed by atoms with van der Waals surface area (Å²) in [5, 5.41) is 6.97. The first-order valence-electron chi connectivity index (χ1n) is 4.96. The van der Waals surface area contributed by atoms with Crippen LogP contribution in [0, 0.1) is 5.82 Å². The molecular weight excluding hydrogens is 211 g/mol. The van der Waals surface area contributed by atoms with Crippen molar-refractivity contribution in [2.24, 2.45) is 0 Å². The van der Waals surface area contributed by atoms with Gasteiger partial charge < -0.3 is 10.6 Å². The molecule has 15 heavy (non-hydrogen) atoms. The van der Waals surface area contributed by atoms with Gasteiger partial charge in [-0.05, 0) is 36.8 Å². The molecule has 4 heteroatoms. The molecule has 0 radical (unpaired) electrons. The molecule has 0 amide bonds. The molecule has 2 rings (SSSR count). The highest BCUT2D eigenvalue weighted by molar-refractivity contribution is 7.80. The maximum Gasteiger partial charge on any atom is 0.166 e. The van der Waals surface area contributed by atoms with E-state index in [9.17, 15) is 4.39 Å². The molecule has 0 saturated carbocycles. The van der Waals surface area contributed by atoms with Gasteiger partial charge in [-0.15, -0.1) is 0 Å². The first-order valence-corrected chi connectivity index (χ1v) is 5.37. The standard InChI is InChI=1S/C11H13FN2S/c1-7-10(6-13-11(15)14-7)8-2-4-9(12)5-3-8/h2-5,7,10H,6H2,1H3,(H2,13,14,15)/t7-,10-/m1/s1. The minimum atomic E-state index is -0.196. The number of thiocarbonyl (C=S) groups is 1. The predicted molar refractivity (Wildman–Crippen MR) is 62.3 cm³/mol. The van der Waals surface area contributed by atoms with Crippen molar-refractivity contribution in [3.05, 3.63) is 35.6 Å². The average molecular weight is 224 g/mol. The third kappa shape index (κ3) is 2.26. The van der Waals surface area contributed by atoms with E-state index >= 15 is 0 Å². The van der Waals surface area contributed by atoms with Crippen LogP contribution in [0.15, 0.2) is 24.3 Å². The molecule has 1 saturated heterocycles. The first-order chi connectivity index (χ1) is 7.16. The Labute approximate surface area is 93.9 Å². The van der Waals surface area contributed by atoms with E-state index in [1.54, 1.807) is 0 Å². The van der Waals surface area contributed by atoms with E-state index in [4.69, 9.17) is 12.2 Å². The van der Waals surface area contributed by atoms with Crippen LogP contribution in [0.3, 0.4) is 0 Å². The summed E-state index contributed by atoms with van der Waals surface area (Å²) in [6.45, 7) is 2.89. The zero-order chi connectivity index (χ0) is 10.8. The lowest BCUT2D eigenvalue weighted by atomic mass is 9.91. The van der Waals surface area contributed by atoms with E-state index < -0.39 is 0 Å². The molecule has 2 N–H and O–H groups in total. The van der Waals surface area contributed by atoms with Crippen molar-refractivity contribution in [1.29, 1.82) is 0 Å². The Morgan fingerprint density at radius 2 is 2.00 bits per heavy atom. The summed E-state index contributed by atoms with van der Waals surface area (Å²) in [7, 11) is 0. The fourth-order valence-corrected chi connectivity index (χ4v) is 2.12. The Morgan fingerprint density at radius 3 is 2.60 bits per heavy atom. The first kappa shape index (κ1) is 10.4. The summed E-state index contributed by atoms with van der Waals surface area (Å²) in [5.41, 5.74) is 1.13. The van der Waals surface area contributed by atoms with E-state index in [0.29, 0.717) is 11.0 Å². The molecule has 2 atom stereocenters. The van der Waals surface area contributed by atoms with Crippen LogP contribution in [-0.4, -0.2) is 17.7 Å². The number of hydrogen-bond donors (Lipinski definition) is 2. The van der Waals surface area contributed by atoms with Gasteiger partial charge in [0.1, 0.15) is 5.82 Å². The molecule has 2 nitrogen and oxygen atoms in total. The van der Waals surface area contributed by atoms with Crippen molar-refractivity contribution in [3.8, 4) is 0 Å². The van der Waals surface area contributed by atoms with Crippen molar-refractivity contribution in [1.82, 2.24) is 10.6 Å². The molecule has 80 valence electrons. The van der Waals surface area contributed by atoms with E-state index in [-0.39, 0.29) is 11.9 Å². The second-order valence-electron chi connectivity index (χ2n) is 3.80. The van der Waals surface area contributed by atoms with Crippen LogP contribution in [0.25, 0.3) is 0 Å². The van der Waals surface area contributed by atoms with Gasteiger partial charge >= 0.3 is 0 Å². The molecule has 1 aliphatic heterocycles. The summed E-state index contributed by atoms with van der Waals surface area (Å²) in [4.78, 5) is 0. The normalized spacial score (nSPS) is 25.6. The number of nitrogens with one attached hydrogen (secondary N) is 2. The second-order valence-corrected chi connectivity index (χ2v) is 4.21. The molecule has 1 fully saturated rings. The lowest BCUT2D eigenvalue weighted by Crippen LogP contribution is -2.52. The zero-order valence-corrected chi connectivity index (χ0v) is 9.27. The van der Waals surface area contributed by atoms with Crippen LogP contribution in [0.4, 0.5) is 4.39 Å². The van der Waals surface area contributed by atoms with Gasteiger partial charge in [0.15, 0.2) is 5.11 Å². The highest BCUT2D eigenvalue weighted by atomic mass is 32.1. The smallest absolute Gasteiger partial charge is 0.166 e. The summed E-state index contributed by atoms with van der Waals surface area (Å²) < 4.78 is 12.8. The topological polar surface area (TPSA) is 24.1 Å². The molecule has 0 aromatic heterocycles. The minimum absolute atomic E-state index is 0.196. The van der Waals surface area contributed by atoms with Crippen molar-refractivity contribution in [2.75, 3.05) is 6.54 Å². The highest BCUT2D eigenvalue weighted by Crippen LogP contribution is 2.21. The van der Waals surface area contributed by atoms with Gasteiger partial charge in [0, 0.05) is 18.5 Å². The predicted octanol–water partition coefficient (Wildman–Crippen LogP) is 1.78. The van der Waals surface area contributed by atoms with Gasteiger partial charge in [0.05, 0.1) is 0 Å². The van der Waals surface area contributed by atoms with Crippen LogP contribution >= 0.6 is 12.2 Å². The minimum Gasteiger partial charge on any atom is -0.362 e. The van der Waals surface area contributed by atoms with Crippen molar-refractivity contribution in [3.63, 3.8) is 0 Å². The van der Waals surface area contributed by atoms with Gasteiger partial charge in [-0.25, -0.2) is 4.39 Å². The molecule has 0 aliphatic carbocycles. The Hall–Kier alpha value is -1.16. The Bertz CT molecular complexity index is 363. The molecule has 1 aromatic rings. The van der Waals surface area contributed by atoms with Crippen LogP contribution in [-0.2, 0) is 0 Å². The third-order valence-corrected chi connectivity index (χ3v) is 3.01. The summed E-state index contributed by atoms with van der Waals surface area (Å²) in [5.74, 6) is 0.135. The highest BCUT2D eigenvalue weighted by Gasteiger charge is 2.24. The molecular formula is C11H13FN2S. The Morgan fingerprint density at radius 1 is 1.33 bits per heavy atom. The fraction of sp³-hybridized carbons (Fsp3) is 0.364. The maximum atomic E-state index is 12.8. The third-order valence-electron chi connectivity index (χ3n) is 2.74. The van der Waals surface area contributed by atoms with Gasteiger partial charge in [-0.3, -0.25) is 0 Å². The SMILES string of the molecule is C[C@H]1NC(=S)NC[C@H]1c1ccc(F)cc1. The van der Waals surface area contributed by atoms with Crippen molar-refractivity contribution < 1.29 is 4.39 Å². The van der Waals surface area contributed by atoms with Gasteiger partial charge in [0.2, 0.25) is 0 Å². The number of benzene rings is 1. The molecule has 1 aliphatic rings. The van der Waals surface area contributed by atoms with E-state index in [0.717, 1.165) is 12.1 Å². The van der Waals surface area contributed by atoms with Crippen molar-refractivity contribution in [2.45, 2.75) is 18.9 Å². The molecule has 1 aromatic carbocycles. The largest absolute Gasteiger partial charge is 0.362 e. The van der Waals surface area contributed by atoms with Gasteiger partial charge in [-0.1, -0.05) is 12.1 Å². The van der Waals surface area contributed by atoms with Crippen LogP contribution in [0.1, 0.15) is 18.4 Å². The van der Waals surface area contributed by atoms with Crippen molar-refractivity contribution >= 4 is 17.3 Å². The van der Waals surface area contributed by atoms with Crippen LogP contribution in [0.5, 0.6) is 0 Å². The monoisotopic (exact) mass is 224 g/mol. The van der Waals surface area contributed by atoms with Gasteiger partial charge in [0.25, 0.3) is 0 Å². The van der Waals surface area contributed by atoms with Crippen LogP contribution in [0.2, 0.25) is 0 Å². The summed E-state index contributed by atoms with van der Waals surface area (Å²) >= 11 is 5.02. The summed E-state index contributed by atoms with van der Waals surface area (Å²) in [6.07, 6.45) is 0. The molecule has 0 unspecified atom stereocenters. The Kier molecular flexibility index (Phi) is 2.86. The Balaban J connectivity index is 2.16. The van der Waals surface area contributed by atoms with E-state index in [1.807, 2.05) is 12.1 Å². The van der Waals surface area contributed by atoms with E-state index in [1.165, 1.54) is 12.1 Å². The van der Waals surface area contributed by atoms with E-state index in [2.05, 4.69) is 17.6 Å². The number of halogens is 1. The van der Waals surface area contributed by atoms with Crippen LogP contribution < -0.4 is 10.6 Å². The van der Waals surface area contributed by atoms with Gasteiger partial charge in [-0.2, -0.15) is 0 Å². The molecule has 1 heterocycles. The number of rotatable bonds is 1. The fourth-order valence-electron chi connectivity index (χ4n) is 1.85. The quantitative estimate of drug-likeness (QED) is 0.711. The lowest BCUT2D eigenvalue weighted by Gasteiger charge is -2.32. The summed E-state index contributed by atoms with van der Waals surface area (Å²) in [6, 6.07) is 6.93. The second kappa shape index (κ2) is 4.14. The maximum absolute atomic E-state index is 12.8. The number of hydrogen-bond acceptors (Lipinski definition) is 1. The average Bonchev–Trinajstić information content (AvgIpc) is 2.20. The zero-order valence-electron chi connectivity index (χ0n) is 8.46. The lowest BCUT2D eigenvalue weighted by molar-refractivity contribution is 0.477. The molecule has 0 bridgehead atoms. The molecule has 0 spiro atoms.